The van der Waals surface area contributed by atoms with E-state index >= 15 is 0 Å². The Morgan fingerprint density at radius 3 is 2.86 bits per heavy atom. The van der Waals surface area contributed by atoms with Crippen molar-refractivity contribution in [3.05, 3.63) is 12.2 Å². The summed E-state index contributed by atoms with van der Waals surface area (Å²) in [4.78, 5) is 10.7. The van der Waals surface area contributed by atoms with Gasteiger partial charge in [0.15, 0.2) is 0 Å². The third-order valence-corrected chi connectivity index (χ3v) is 1.99. The molecule has 0 bridgehead atoms. The fourth-order valence-corrected chi connectivity index (χ4v) is 1.35. The predicted octanol–water partition coefficient (Wildman–Crippen LogP) is 1.28. The minimum atomic E-state index is -0.300. The molecule has 0 fully saturated rings. The lowest BCUT2D eigenvalue weighted by atomic mass is 10.1. The Morgan fingerprint density at radius 2 is 2.36 bits per heavy atom. The van der Waals surface area contributed by atoms with E-state index in [0.29, 0.717) is 6.42 Å². The molecule has 0 aromatic heterocycles. The van der Waals surface area contributed by atoms with Gasteiger partial charge in [-0.2, -0.15) is 0 Å². The Balaban J connectivity index is 2.55. The van der Waals surface area contributed by atoms with Crippen molar-refractivity contribution in [3.8, 4) is 12.3 Å². The molecular formula is C11H14O3. The van der Waals surface area contributed by atoms with E-state index in [1.807, 2.05) is 19.1 Å². The molecule has 3 nitrogen and oxygen atoms in total. The highest BCUT2D eigenvalue weighted by Crippen LogP contribution is 2.17. The molecule has 1 heterocycles. The average molecular weight is 194 g/mol. The van der Waals surface area contributed by atoms with Gasteiger partial charge in [0.1, 0.15) is 6.10 Å². The van der Waals surface area contributed by atoms with Gasteiger partial charge in [-0.25, -0.2) is 0 Å². The van der Waals surface area contributed by atoms with E-state index in [9.17, 15) is 4.79 Å². The quantitative estimate of drug-likeness (QED) is 0.377. The Hall–Kier alpha value is -1.27. The van der Waals surface area contributed by atoms with Crippen molar-refractivity contribution in [3.63, 3.8) is 0 Å². The van der Waals surface area contributed by atoms with Crippen LogP contribution in [0.5, 0.6) is 0 Å². The summed E-state index contributed by atoms with van der Waals surface area (Å²) in [7, 11) is 0. The molecule has 0 unspecified atom stereocenters. The number of hydrogen-bond acceptors (Lipinski definition) is 3. The van der Waals surface area contributed by atoms with Gasteiger partial charge in [0, 0.05) is 13.3 Å². The molecule has 0 aliphatic carbocycles. The smallest absolute Gasteiger partial charge is 0.303 e. The second-order valence-electron chi connectivity index (χ2n) is 3.25. The van der Waals surface area contributed by atoms with Gasteiger partial charge in [-0.1, -0.05) is 6.08 Å². The summed E-state index contributed by atoms with van der Waals surface area (Å²) < 4.78 is 10.6. The Labute approximate surface area is 84.1 Å². The van der Waals surface area contributed by atoms with Crippen LogP contribution in [-0.4, -0.2) is 24.3 Å². The van der Waals surface area contributed by atoms with Crippen molar-refractivity contribution in [2.45, 2.75) is 38.6 Å². The molecule has 14 heavy (non-hydrogen) atoms. The van der Waals surface area contributed by atoms with E-state index in [4.69, 9.17) is 15.9 Å². The lowest BCUT2D eigenvalue weighted by molar-refractivity contribution is -0.153. The zero-order valence-corrected chi connectivity index (χ0v) is 8.40. The van der Waals surface area contributed by atoms with E-state index in [1.54, 1.807) is 0 Å². The molecule has 0 saturated carbocycles. The molecule has 1 aliphatic heterocycles. The summed E-state index contributed by atoms with van der Waals surface area (Å²) in [6, 6.07) is 0. The van der Waals surface area contributed by atoms with Crippen molar-refractivity contribution in [2.24, 2.45) is 0 Å². The second-order valence-corrected chi connectivity index (χ2v) is 3.25. The van der Waals surface area contributed by atoms with E-state index in [0.717, 1.165) is 0 Å². The van der Waals surface area contributed by atoms with Crippen molar-refractivity contribution in [1.82, 2.24) is 0 Å². The van der Waals surface area contributed by atoms with Gasteiger partial charge in [0.25, 0.3) is 0 Å². The minimum absolute atomic E-state index is 0.0539. The predicted molar refractivity (Wildman–Crippen MR) is 52.5 cm³/mol. The molecule has 0 aromatic rings. The molecule has 0 N–H and O–H groups in total. The minimum Gasteiger partial charge on any atom is -0.456 e. The van der Waals surface area contributed by atoms with E-state index in [1.165, 1.54) is 6.92 Å². The number of ether oxygens (including phenoxy) is 2. The van der Waals surface area contributed by atoms with Crippen LogP contribution in [0, 0.1) is 12.3 Å². The molecule has 1 rings (SSSR count). The average Bonchev–Trinajstić information content (AvgIpc) is 2.10. The summed E-state index contributed by atoms with van der Waals surface area (Å²) in [6.45, 7) is 3.24. The number of hydrogen-bond donors (Lipinski definition) is 0. The summed E-state index contributed by atoms with van der Waals surface area (Å²) in [6.07, 6.45) is 8.91. The van der Waals surface area contributed by atoms with Crippen LogP contribution in [0.3, 0.4) is 0 Å². The molecule has 3 atom stereocenters. The van der Waals surface area contributed by atoms with Crippen molar-refractivity contribution in [2.75, 3.05) is 0 Å². The topological polar surface area (TPSA) is 35.5 Å². The van der Waals surface area contributed by atoms with E-state index in [2.05, 4.69) is 5.92 Å². The van der Waals surface area contributed by atoms with Crippen LogP contribution in [-0.2, 0) is 14.3 Å². The number of terminal acetylenes is 1. The van der Waals surface area contributed by atoms with Crippen LogP contribution < -0.4 is 0 Å². The summed E-state index contributed by atoms with van der Waals surface area (Å²) in [5.41, 5.74) is 0. The molecule has 0 spiro atoms. The standard InChI is InChI=1S/C11H14O3/c1-4-5-10-6-7-11(8(2)13-10)14-9(3)12/h1,6-8,10-11H,5H2,2-3H3/t8-,10-,11+/m0/s1. The Morgan fingerprint density at radius 1 is 1.64 bits per heavy atom. The van der Waals surface area contributed by atoms with Crippen LogP contribution in [0.1, 0.15) is 20.3 Å². The highest BCUT2D eigenvalue weighted by Gasteiger charge is 2.24. The number of esters is 1. The van der Waals surface area contributed by atoms with Crippen molar-refractivity contribution in [1.29, 1.82) is 0 Å². The van der Waals surface area contributed by atoms with Crippen molar-refractivity contribution >= 4 is 5.97 Å². The maximum absolute atomic E-state index is 10.7. The first-order valence-electron chi connectivity index (χ1n) is 4.58. The first kappa shape index (κ1) is 10.8. The molecule has 0 saturated heterocycles. The van der Waals surface area contributed by atoms with Gasteiger partial charge in [0.2, 0.25) is 0 Å². The van der Waals surface area contributed by atoms with Crippen LogP contribution >= 0.6 is 0 Å². The number of carbonyl (C=O) groups is 1. The fourth-order valence-electron chi connectivity index (χ4n) is 1.35. The highest BCUT2D eigenvalue weighted by molar-refractivity contribution is 5.66. The van der Waals surface area contributed by atoms with Crippen LogP contribution in [0.2, 0.25) is 0 Å². The fraction of sp³-hybridized carbons (Fsp3) is 0.545. The first-order chi connectivity index (χ1) is 6.63. The van der Waals surface area contributed by atoms with Crippen molar-refractivity contribution < 1.29 is 14.3 Å². The zero-order valence-electron chi connectivity index (χ0n) is 8.40. The third-order valence-electron chi connectivity index (χ3n) is 1.99. The van der Waals surface area contributed by atoms with E-state index < -0.39 is 0 Å². The first-order valence-corrected chi connectivity index (χ1v) is 4.58. The number of carbonyl (C=O) groups excluding carboxylic acids is 1. The molecule has 0 aromatic carbocycles. The number of rotatable bonds is 2. The van der Waals surface area contributed by atoms with Gasteiger partial charge in [0.05, 0.1) is 12.2 Å². The summed E-state index contributed by atoms with van der Waals surface area (Å²) in [5, 5.41) is 0. The largest absolute Gasteiger partial charge is 0.456 e. The van der Waals surface area contributed by atoms with Crippen LogP contribution in [0.25, 0.3) is 0 Å². The molecule has 76 valence electrons. The zero-order chi connectivity index (χ0) is 10.6. The maximum Gasteiger partial charge on any atom is 0.303 e. The highest BCUT2D eigenvalue weighted by atomic mass is 16.6. The lowest BCUT2D eigenvalue weighted by Crippen LogP contribution is -2.35. The summed E-state index contributed by atoms with van der Waals surface area (Å²) >= 11 is 0. The Kier molecular flexibility index (Phi) is 3.73. The van der Waals surface area contributed by atoms with Gasteiger partial charge in [-0.15, -0.1) is 12.3 Å². The normalized spacial score (nSPS) is 30.8. The molecular weight excluding hydrogens is 180 g/mol. The summed E-state index contributed by atoms with van der Waals surface area (Å²) in [5.74, 6) is 2.23. The van der Waals surface area contributed by atoms with E-state index in [-0.39, 0.29) is 24.3 Å². The van der Waals surface area contributed by atoms with Gasteiger partial charge >= 0.3 is 5.97 Å². The molecule has 0 radical (unpaired) electrons. The molecule has 1 aliphatic rings. The van der Waals surface area contributed by atoms with Gasteiger partial charge in [-0.3, -0.25) is 4.79 Å². The monoisotopic (exact) mass is 194 g/mol. The maximum atomic E-state index is 10.7. The van der Waals surface area contributed by atoms with Gasteiger partial charge < -0.3 is 9.47 Å². The molecule has 3 heteroatoms. The Bertz CT molecular complexity index is 275. The van der Waals surface area contributed by atoms with Gasteiger partial charge in [-0.05, 0) is 13.0 Å². The second kappa shape index (κ2) is 4.83. The SMILES string of the molecule is C#CC[C@H]1C=C[C@@H](OC(C)=O)[C@H](C)O1. The van der Waals surface area contributed by atoms with Crippen LogP contribution in [0.4, 0.5) is 0 Å². The third kappa shape index (κ3) is 2.90. The van der Waals surface area contributed by atoms with Crippen LogP contribution in [0.15, 0.2) is 12.2 Å². The molecule has 0 amide bonds. The lowest BCUT2D eigenvalue weighted by Gasteiger charge is -2.28.